The molecule has 1 aliphatic heterocycles. The van der Waals surface area contributed by atoms with Crippen LogP contribution >= 0.6 is 0 Å². The monoisotopic (exact) mass is 384 g/mol. The Morgan fingerprint density at radius 2 is 2.12 bits per heavy atom. The number of guanidine groups is 1. The van der Waals surface area contributed by atoms with Crippen molar-refractivity contribution in [1.82, 2.24) is 16.0 Å². The number of hydrogen-bond acceptors (Lipinski definition) is 4. The van der Waals surface area contributed by atoms with Crippen LogP contribution in [0.15, 0.2) is 23.2 Å². The SMILES string of the molecule is CCNC(=NCCNC(=O)c1ccc(C)c(F)c1)NC1CCS(=O)(=O)C1. The van der Waals surface area contributed by atoms with E-state index in [1.165, 1.54) is 6.07 Å². The first-order chi connectivity index (χ1) is 12.3. The van der Waals surface area contributed by atoms with Gasteiger partial charge in [0.2, 0.25) is 0 Å². The number of carbonyl (C=O) groups excluding carboxylic acids is 1. The predicted octanol–water partition coefficient (Wildman–Crippen LogP) is 0.606. The maximum atomic E-state index is 13.5. The highest BCUT2D eigenvalue weighted by Crippen LogP contribution is 2.11. The molecule has 0 bridgehead atoms. The van der Waals surface area contributed by atoms with E-state index in [1.54, 1.807) is 19.1 Å². The second-order valence-electron chi connectivity index (χ2n) is 6.22. The van der Waals surface area contributed by atoms with Gasteiger partial charge in [-0.1, -0.05) is 6.07 Å². The second-order valence-corrected chi connectivity index (χ2v) is 8.45. The maximum Gasteiger partial charge on any atom is 0.251 e. The number of rotatable bonds is 6. The molecule has 1 heterocycles. The van der Waals surface area contributed by atoms with Gasteiger partial charge < -0.3 is 16.0 Å². The Hall–Kier alpha value is -2.16. The number of nitrogens with zero attached hydrogens (tertiary/aromatic N) is 1. The van der Waals surface area contributed by atoms with E-state index in [9.17, 15) is 17.6 Å². The van der Waals surface area contributed by atoms with Gasteiger partial charge in [-0.3, -0.25) is 9.79 Å². The van der Waals surface area contributed by atoms with Gasteiger partial charge in [-0.05, 0) is 38.0 Å². The van der Waals surface area contributed by atoms with E-state index >= 15 is 0 Å². The summed E-state index contributed by atoms with van der Waals surface area (Å²) in [6, 6.07) is 4.19. The molecule has 26 heavy (non-hydrogen) atoms. The number of aryl methyl sites for hydroxylation is 1. The zero-order valence-corrected chi connectivity index (χ0v) is 15.8. The Morgan fingerprint density at radius 3 is 2.73 bits per heavy atom. The van der Waals surface area contributed by atoms with Gasteiger partial charge in [0.1, 0.15) is 5.82 Å². The molecule has 0 radical (unpaired) electrons. The first kappa shape index (κ1) is 20.2. The number of carbonyl (C=O) groups is 1. The molecule has 0 spiro atoms. The van der Waals surface area contributed by atoms with Crippen LogP contribution in [-0.2, 0) is 9.84 Å². The van der Waals surface area contributed by atoms with Gasteiger partial charge in [-0.15, -0.1) is 0 Å². The Bertz CT molecular complexity index is 780. The minimum Gasteiger partial charge on any atom is -0.357 e. The first-order valence-corrected chi connectivity index (χ1v) is 10.4. The van der Waals surface area contributed by atoms with Crippen molar-refractivity contribution >= 4 is 21.7 Å². The molecule has 1 unspecified atom stereocenters. The number of sulfone groups is 1. The van der Waals surface area contributed by atoms with Crippen LogP contribution in [0.2, 0.25) is 0 Å². The van der Waals surface area contributed by atoms with Crippen LogP contribution in [0, 0.1) is 12.7 Å². The first-order valence-electron chi connectivity index (χ1n) is 8.60. The molecule has 0 saturated carbocycles. The topological polar surface area (TPSA) is 99.7 Å². The van der Waals surface area contributed by atoms with E-state index in [-0.39, 0.29) is 35.6 Å². The molecule has 1 aliphatic rings. The summed E-state index contributed by atoms with van der Waals surface area (Å²) in [5, 5.41) is 8.84. The van der Waals surface area contributed by atoms with E-state index in [4.69, 9.17) is 0 Å². The fraction of sp³-hybridized carbons (Fsp3) is 0.529. The molecule has 1 aromatic carbocycles. The molecule has 1 saturated heterocycles. The van der Waals surface area contributed by atoms with Gasteiger partial charge in [0, 0.05) is 24.7 Å². The molecule has 1 atom stereocenters. The molecule has 144 valence electrons. The largest absolute Gasteiger partial charge is 0.357 e. The number of benzene rings is 1. The maximum absolute atomic E-state index is 13.5. The molecule has 1 fully saturated rings. The van der Waals surface area contributed by atoms with Gasteiger partial charge >= 0.3 is 0 Å². The smallest absolute Gasteiger partial charge is 0.251 e. The summed E-state index contributed by atoms with van der Waals surface area (Å²) >= 11 is 0. The van der Waals surface area contributed by atoms with Crippen molar-refractivity contribution in [2.45, 2.75) is 26.3 Å². The number of nitrogens with one attached hydrogen (secondary N) is 3. The minimum atomic E-state index is -2.96. The molecule has 2 rings (SSSR count). The normalized spacial score (nSPS) is 19.2. The summed E-state index contributed by atoms with van der Waals surface area (Å²) in [6.07, 6.45) is 0.558. The predicted molar refractivity (Wildman–Crippen MR) is 99.6 cm³/mol. The van der Waals surface area contributed by atoms with Crippen molar-refractivity contribution in [1.29, 1.82) is 0 Å². The van der Waals surface area contributed by atoms with Crippen LogP contribution in [-0.4, -0.2) is 57.5 Å². The highest BCUT2D eigenvalue weighted by atomic mass is 32.2. The quantitative estimate of drug-likeness (QED) is 0.379. The van der Waals surface area contributed by atoms with Crippen LogP contribution < -0.4 is 16.0 Å². The Morgan fingerprint density at radius 1 is 1.35 bits per heavy atom. The fourth-order valence-electron chi connectivity index (χ4n) is 2.60. The summed E-state index contributed by atoms with van der Waals surface area (Å²) in [5.74, 6) is 0.0328. The molecule has 9 heteroatoms. The van der Waals surface area contributed by atoms with Gasteiger partial charge in [0.25, 0.3) is 5.91 Å². The van der Waals surface area contributed by atoms with Crippen molar-refractivity contribution in [3.63, 3.8) is 0 Å². The number of halogens is 1. The van der Waals surface area contributed by atoms with Crippen molar-refractivity contribution in [3.05, 3.63) is 35.1 Å². The Labute approximate surface area is 153 Å². The van der Waals surface area contributed by atoms with Crippen molar-refractivity contribution < 1.29 is 17.6 Å². The number of amides is 1. The molecule has 7 nitrogen and oxygen atoms in total. The average Bonchev–Trinajstić information content (AvgIpc) is 2.92. The van der Waals surface area contributed by atoms with E-state index in [0.717, 1.165) is 0 Å². The van der Waals surface area contributed by atoms with Gasteiger partial charge in [0.05, 0.1) is 18.1 Å². The van der Waals surface area contributed by atoms with Crippen molar-refractivity contribution in [2.24, 2.45) is 4.99 Å². The third-order valence-electron chi connectivity index (χ3n) is 4.02. The van der Waals surface area contributed by atoms with Crippen LogP contribution in [0.5, 0.6) is 0 Å². The molecule has 1 aromatic rings. The van der Waals surface area contributed by atoms with Crippen LogP contribution in [0.3, 0.4) is 0 Å². The summed E-state index contributed by atoms with van der Waals surface area (Å²) in [5.41, 5.74) is 0.750. The lowest BCUT2D eigenvalue weighted by Gasteiger charge is -2.15. The Balaban J connectivity index is 1.83. The third-order valence-corrected chi connectivity index (χ3v) is 5.79. The van der Waals surface area contributed by atoms with Crippen LogP contribution in [0.1, 0.15) is 29.3 Å². The van der Waals surface area contributed by atoms with Crippen molar-refractivity contribution in [2.75, 3.05) is 31.1 Å². The van der Waals surface area contributed by atoms with Crippen LogP contribution in [0.4, 0.5) is 4.39 Å². The lowest BCUT2D eigenvalue weighted by molar-refractivity contribution is 0.0954. The molecule has 0 aliphatic carbocycles. The van der Waals surface area contributed by atoms with E-state index in [2.05, 4.69) is 20.9 Å². The lowest BCUT2D eigenvalue weighted by atomic mass is 10.1. The van der Waals surface area contributed by atoms with Gasteiger partial charge in [-0.25, -0.2) is 12.8 Å². The summed E-state index contributed by atoms with van der Waals surface area (Å²) in [6.45, 7) is 4.79. The zero-order valence-electron chi connectivity index (χ0n) is 15.0. The molecule has 0 aromatic heterocycles. The van der Waals surface area contributed by atoms with E-state index in [0.29, 0.717) is 31.0 Å². The summed E-state index contributed by atoms with van der Waals surface area (Å²) < 4.78 is 36.5. The highest BCUT2D eigenvalue weighted by Gasteiger charge is 2.28. The van der Waals surface area contributed by atoms with Gasteiger partial charge in [0.15, 0.2) is 15.8 Å². The highest BCUT2D eigenvalue weighted by molar-refractivity contribution is 7.91. The molecule has 3 N–H and O–H groups in total. The second kappa shape index (κ2) is 8.98. The molecular formula is C17H25FN4O3S. The van der Waals surface area contributed by atoms with Gasteiger partial charge in [-0.2, -0.15) is 0 Å². The van der Waals surface area contributed by atoms with E-state index in [1.807, 2.05) is 6.92 Å². The number of hydrogen-bond donors (Lipinski definition) is 3. The van der Waals surface area contributed by atoms with Crippen molar-refractivity contribution in [3.8, 4) is 0 Å². The van der Waals surface area contributed by atoms with E-state index < -0.39 is 15.7 Å². The fourth-order valence-corrected chi connectivity index (χ4v) is 4.27. The number of aliphatic imine (C=N–C) groups is 1. The minimum absolute atomic E-state index is 0.104. The average molecular weight is 384 g/mol. The molecular weight excluding hydrogens is 359 g/mol. The Kier molecular flexibility index (Phi) is 6.96. The molecule has 1 amide bonds. The van der Waals surface area contributed by atoms with Crippen LogP contribution in [0.25, 0.3) is 0 Å². The lowest BCUT2D eigenvalue weighted by Crippen LogP contribution is -2.44. The zero-order chi connectivity index (χ0) is 19.2. The third kappa shape index (κ3) is 5.98. The summed E-state index contributed by atoms with van der Waals surface area (Å²) in [7, 11) is -2.96. The summed E-state index contributed by atoms with van der Waals surface area (Å²) in [4.78, 5) is 16.3. The standard InChI is InChI=1S/C17H25FN4O3S/c1-3-19-17(22-14-6-9-26(24,25)11-14)21-8-7-20-16(23)13-5-4-12(2)15(18)10-13/h4-5,10,14H,3,6-9,11H2,1-2H3,(H,20,23)(H2,19,21,22).